The second-order valence-corrected chi connectivity index (χ2v) is 4.30. The smallest absolute Gasteiger partial charge is 0.319 e. The van der Waals surface area contributed by atoms with Crippen LogP contribution in [0.5, 0.6) is 0 Å². The molecular weight excluding hydrogens is 278 g/mol. The third-order valence-corrected chi connectivity index (χ3v) is 2.59. The van der Waals surface area contributed by atoms with Crippen LogP contribution in [-0.2, 0) is 0 Å². The highest BCUT2D eigenvalue weighted by molar-refractivity contribution is 5.89. The van der Waals surface area contributed by atoms with Crippen LogP contribution < -0.4 is 10.6 Å². The Kier molecular flexibility index (Phi) is 4.12. The molecule has 0 fully saturated rings. The summed E-state index contributed by atoms with van der Waals surface area (Å²) in [5, 5.41) is 19.5. The molecule has 1 unspecified atom stereocenters. The Labute approximate surface area is 119 Å². The number of nitrogens with one attached hydrogen (secondary N) is 2. The first-order valence-electron chi connectivity index (χ1n) is 6.08. The lowest BCUT2D eigenvalue weighted by atomic mass is 10.3. The second kappa shape index (κ2) is 5.99. The Hall–Kier alpha value is -2.97. The minimum absolute atomic E-state index is 0.102. The van der Waals surface area contributed by atoms with Gasteiger partial charge < -0.3 is 15.2 Å². The number of nitro benzene ring substituents is 1. The van der Waals surface area contributed by atoms with Crippen molar-refractivity contribution in [1.82, 2.24) is 15.5 Å². The molecule has 0 aliphatic rings. The molecule has 0 radical (unpaired) electrons. The lowest BCUT2D eigenvalue weighted by Crippen LogP contribution is -2.31. The maximum Gasteiger partial charge on any atom is 0.319 e. The van der Waals surface area contributed by atoms with Crippen LogP contribution in [-0.4, -0.2) is 21.1 Å². The van der Waals surface area contributed by atoms with E-state index in [0.717, 1.165) is 0 Å². The third kappa shape index (κ3) is 3.75. The van der Waals surface area contributed by atoms with E-state index in [2.05, 4.69) is 20.8 Å². The van der Waals surface area contributed by atoms with E-state index in [1.165, 1.54) is 18.2 Å². The Morgan fingerprint density at radius 3 is 2.86 bits per heavy atom. The van der Waals surface area contributed by atoms with E-state index in [1.54, 1.807) is 19.9 Å². The topological polar surface area (TPSA) is 123 Å². The number of urea groups is 1. The van der Waals surface area contributed by atoms with Crippen LogP contribution >= 0.6 is 0 Å². The van der Waals surface area contributed by atoms with Gasteiger partial charge in [0.05, 0.1) is 11.0 Å². The van der Waals surface area contributed by atoms with Crippen molar-refractivity contribution < 1.29 is 14.2 Å². The summed E-state index contributed by atoms with van der Waals surface area (Å²) in [6, 6.07) is 4.66. The summed E-state index contributed by atoms with van der Waals surface area (Å²) < 4.78 is 4.82. The summed E-state index contributed by atoms with van der Waals surface area (Å²) in [5.41, 5.74) is 0.216. The number of nitro groups is 1. The quantitative estimate of drug-likeness (QED) is 0.657. The fraction of sp³-hybridized carbons (Fsp3) is 0.250. The number of rotatable bonds is 4. The molecule has 1 aromatic heterocycles. The van der Waals surface area contributed by atoms with Gasteiger partial charge in [0.25, 0.3) is 5.69 Å². The molecule has 1 aromatic carbocycles. The Morgan fingerprint density at radius 1 is 1.48 bits per heavy atom. The average molecular weight is 291 g/mol. The Bertz CT molecular complexity index is 669. The fourth-order valence-corrected chi connectivity index (χ4v) is 1.62. The van der Waals surface area contributed by atoms with E-state index in [-0.39, 0.29) is 5.69 Å². The van der Waals surface area contributed by atoms with Gasteiger partial charge in [0.1, 0.15) is 0 Å². The molecule has 2 N–H and O–H groups in total. The molecule has 2 amide bonds. The first-order valence-corrected chi connectivity index (χ1v) is 6.08. The largest absolute Gasteiger partial charge is 0.340 e. The molecule has 0 spiro atoms. The summed E-state index contributed by atoms with van der Waals surface area (Å²) in [6.07, 6.45) is 0. The summed E-state index contributed by atoms with van der Waals surface area (Å²) >= 11 is 0. The number of carbonyl (C=O) groups excluding carboxylic acids is 1. The zero-order valence-electron chi connectivity index (χ0n) is 11.4. The highest BCUT2D eigenvalue weighted by Gasteiger charge is 2.15. The lowest BCUT2D eigenvalue weighted by molar-refractivity contribution is -0.384. The van der Waals surface area contributed by atoms with Crippen molar-refractivity contribution in [2.45, 2.75) is 19.9 Å². The van der Waals surface area contributed by atoms with Crippen molar-refractivity contribution in [3.8, 4) is 0 Å². The Morgan fingerprint density at radius 2 is 2.24 bits per heavy atom. The summed E-state index contributed by atoms with van der Waals surface area (Å²) in [7, 11) is 0. The molecule has 0 saturated carbocycles. The summed E-state index contributed by atoms with van der Waals surface area (Å²) in [6.45, 7) is 3.34. The van der Waals surface area contributed by atoms with E-state index in [0.29, 0.717) is 17.4 Å². The van der Waals surface area contributed by atoms with Crippen molar-refractivity contribution in [2.75, 3.05) is 5.32 Å². The molecule has 0 bridgehead atoms. The minimum atomic E-state index is -0.534. The zero-order valence-corrected chi connectivity index (χ0v) is 11.4. The number of hydrogen-bond acceptors (Lipinski definition) is 6. The number of amides is 2. The number of nitrogens with zero attached hydrogens (tertiary/aromatic N) is 3. The summed E-state index contributed by atoms with van der Waals surface area (Å²) in [4.78, 5) is 25.9. The highest BCUT2D eigenvalue weighted by atomic mass is 16.6. The van der Waals surface area contributed by atoms with Crippen LogP contribution in [0, 0.1) is 17.0 Å². The maximum atomic E-state index is 11.8. The second-order valence-electron chi connectivity index (χ2n) is 4.30. The maximum absolute atomic E-state index is 11.8. The molecule has 1 heterocycles. The van der Waals surface area contributed by atoms with Gasteiger partial charge in [0, 0.05) is 24.7 Å². The molecule has 2 aromatic rings. The van der Waals surface area contributed by atoms with Crippen molar-refractivity contribution in [3.05, 3.63) is 46.1 Å². The number of hydrogen-bond donors (Lipinski definition) is 2. The molecule has 0 aliphatic heterocycles. The zero-order chi connectivity index (χ0) is 15.4. The van der Waals surface area contributed by atoms with Gasteiger partial charge in [-0.05, 0) is 13.0 Å². The Balaban J connectivity index is 1.98. The van der Waals surface area contributed by atoms with Gasteiger partial charge >= 0.3 is 6.03 Å². The number of non-ortho nitro benzene ring substituents is 1. The number of carbonyl (C=O) groups is 1. The molecule has 110 valence electrons. The van der Waals surface area contributed by atoms with Crippen LogP contribution in [0.1, 0.15) is 24.7 Å². The van der Waals surface area contributed by atoms with Crippen LogP contribution in [0.25, 0.3) is 0 Å². The van der Waals surface area contributed by atoms with Gasteiger partial charge in [0.2, 0.25) is 5.89 Å². The molecule has 0 aliphatic carbocycles. The normalized spacial score (nSPS) is 11.7. The van der Waals surface area contributed by atoms with Crippen molar-refractivity contribution in [1.29, 1.82) is 0 Å². The van der Waals surface area contributed by atoms with Crippen LogP contribution in [0.4, 0.5) is 16.2 Å². The van der Waals surface area contributed by atoms with Gasteiger partial charge in [-0.25, -0.2) is 4.79 Å². The number of aryl methyl sites for hydroxylation is 1. The van der Waals surface area contributed by atoms with E-state index in [4.69, 9.17) is 4.52 Å². The highest BCUT2D eigenvalue weighted by Crippen LogP contribution is 2.17. The van der Waals surface area contributed by atoms with Gasteiger partial charge in [-0.2, -0.15) is 4.98 Å². The number of anilines is 1. The molecule has 1 atom stereocenters. The van der Waals surface area contributed by atoms with E-state index in [1.807, 2.05) is 0 Å². The number of benzene rings is 1. The van der Waals surface area contributed by atoms with E-state index < -0.39 is 17.0 Å². The monoisotopic (exact) mass is 291 g/mol. The minimum Gasteiger partial charge on any atom is -0.340 e. The van der Waals surface area contributed by atoms with Crippen LogP contribution in [0.3, 0.4) is 0 Å². The van der Waals surface area contributed by atoms with Crippen molar-refractivity contribution in [3.63, 3.8) is 0 Å². The lowest BCUT2D eigenvalue weighted by Gasteiger charge is -2.11. The summed E-state index contributed by atoms with van der Waals surface area (Å²) in [5.74, 6) is 0.749. The first kappa shape index (κ1) is 14.4. The predicted molar refractivity (Wildman–Crippen MR) is 72.7 cm³/mol. The van der Waals surface area contributed by atoms with Crippen LogP contribution in [0.15, 0.2) is 28.8 Å². The number of aromatic nitrogens is 2. The first-order chi connectivity index (χ1) is 9.95. The predicted octanol–water partition coefficient (Wildman–Crippen LogP) is 2.17. The van der Waals surface area contributed by atoms with Gasteiger partial charge in [-0.15, -0.1) is 0 Å². The van der Waals surface area contributed by atoms with Gasteiger partial charge in [-0.3, -0.25) is 10.1 Å². The molecular formula is C12H13N5O4. The standard InChI is InChI=1S/C12H13N5O4/c1-7(11-14-8(2)21-16-11)13-12(18)15-9-4-3-5-10(6-9)17(19)20/h3-7H,1-2H3,(H2,13,15,18). The average Bonchev–Trinajstić information content (AvgIpc) is 2.85. The molecule has 9 heteroatoms. The van der Waals surface area contributed by atoms with Crippen LogP contribution in [0.2, 0.25) is 0 Å². The third-order valence-electron chi connectivity index (χ3n) is 2.59. The molecule has 9 nitrogen and oxygen atoms in total. The molecule has 0 saturated heterocycles. The van der Waals surface area contributed by atoms with Gasteiger partial charge in [0.15, 0.2) is 5.82 Å². The van der Waals surface area contributed by atoms with E-state index in [9.17, 15) is 14.9 Å². The molecule has 2 rings (SSSR count). The van der Waals surface area contributed by atoms with Crippen molar-refractivity contribution in [2.24, 2.45) is 0 Å². The van der Waals surface area contributed by atoms with Crippen molar-refractivity contribution >= 4 is 17.4 Å². The SMILES string of the molecule is Cc1nc(C(C)NC(=O)Nc2cccc([N+](=O)[O-])c2)no1. The molecule has 21 heavy (non-hydrogen) atoms. The van der Waals surface area contributed by atoms with E-state index >= 15 is 0 Å². The fourth-order valence-electron chi connectivity index (χ4n) is 1.62. The van der Waals surface area contributed by atoms with Gasteiger partial charge in [-0.1, -0.05) is 11.2 Å².